The molecule has 3 heterocycles. The molecule has 2 aromatic rings. The molecule has 0 saturated carbocycles. The van der Waals surface area contributed by atoms with Crippen LogP contribution in [0.1, 0.15) is 51.2 Å². The molecule has 3 fully saturated rings. The number of anilines is 2. The summed E-state index contributed by atoms with van der Waals surface area (Å²) in [4.78, 5) is 49.9. The maximum atomic E-state index is 15.1. The Morgan fingerprint density at radius 3 is 2.28 bits per heavy atom. The Morgan fingerprint density at radius 2 is 1.70 bits per heavy atom. The van der Waals surface area contributed by atoms with Gasteiger partial charge in [-0.2, -0.15) is 0 Å². The number of hydrogen-bond donors (Lipinski definition) is 1. The molecule has 3 aliphatic heterocycles. The summed E-state index contributed by atoms with van der Waals surface area (Å²) in [7, 11) is 0. The number of aryl methyl sites for hydroxylation is 2. The van der Waals surface area contributed by atoms with Gasteiger partial charge in [0, 0.05) is 29.7 Å². The van der Waals surface area contributed by atoms with Crippen LogP contribution in [-0.4, -0.2) is 76.1 Å². The minimum Gasteiger partial charge on any atom is -0.494 e. The molecule has 2 bridgehead atoms. The lowest BCUT2D eigenvalue weighted by Gasteiger charge is -2.41. The fourth-order valence-electron chi connectivity index (χ4n) is 8.14. The van der Waals surface area contributed by atoms with Gasteiger partial charge in [0.25, 0.3) is 5.91 Å². The van der Waals surface area contributed by atoms with Crippen molar-refractivity contribution in [3.8, 4) is 5.75 Å². The molecule has 252 valence electrons. The molecule has 0 aromatic heterocycles. The Hall–Kier alpha value is -3.56. The molecule has 1 spiro atoms. The third-order valence-corrected chi connectivity index (χ3v) is 12.4. The Balaban J connectivity index is 1.61. The topological polar surface area (TPSA) is 90.4 Å². The number of rotatable bonds is 14. The number of likely N-dealkylation sites (tertiary alicyclic amines) is 1. The molecule has 3 aliphatic rings. The molecule has 3 amide bonds. The average Bonchev–Trinajstić information content (AvgIpc) is 3.71. The largest absolute Gasteiger partial charge is 0.494 e. The van der Waals surface area contributed by atoms with Crippen LogP contribution in [-0.2, 0) is 14.4 Å². The molecule has 2 unspecified atom stereocenters. The van der Waals surface area contributed by atoms with Gasteiger partial charge in [0.1, 0.15) is 11.8 Å². The van der Waals surface area contributed by atoms with Gasteiger partial charge in [-0.25, -0.2) is 0 Å². The maximum absolute atomic E-state index is 15.1. The van der Waals surface area contributed by atoms with Crippen molar-refractivity contribution in [3.05, 3.63) is 78.9 Å². The molecule has 7 atom stereocenters. The lowest BCUT2D eigenvalue weighted by molar-refractivity contribution is -0.143. The summed E-state index contributed by atoms with van der Waals surface area (Å²) in [6.45, 7) is 18.7. The highest BCUT2D eigenvalue weighted by Crippen LogP contribution is 2.67. The van der Waals surface area contributed by atoms with Crippen LogP contribution < -0.4 is 14.5 Å². The van der Waals surface area contributed by atoms with E-state index in [0.717, 1.165) is 29.7 Å². The zero-order chi connectivity index (χ0) is 34.0. The lowest BCUT2D eigenvalue weighted by atomic mass is 9.70. The van der Waals surface area contributed by atoms with Crippen LogP contribution >= 0.6 is 11.8 Å². The first-order valence-corrected chi connectivity index (χ1v) is 17.7. The third kappa shape index (κ3) is 5.90. The van der Waals surface area contributed by atoms with Crippen molar-refractivity contribution >= 4 is 40.9 Å². The minimum absolute atomic E-state index is 0.0556. The van der Waals surface area contributed by atoms with E-state index in [1.807, 2.05) is 77.1 Å². The van der Waals surface area contributed by atoms with Gasteiger partial charge in [-0.15, -0.1) is 24.9 Å². The molecule has 3 saturated heterocycles. The van der Waals surface area contributed by atoms with E-state index in [-0.39, 0.29) is 48.6 Å². The molecular weight excluding hydrogens is 611 g/mol. The number of benzene rings is 2. The highest BCUT2D eigenvalue weighted by atomic mass is 32.2. The van der Waals surface area contributed by atoms with E-state index in [0.29, 0.717) is 24.5 Å². The lowest BCUT2D eigenvalue weighted by Crippen LogP contribution is -2.59. The van der Waals surface area contributed by atoms with Gasteiger partial charge in [-0.05, 0) is 74.9 Å². The summed E-state index contributed by atoms with van der Waals surface area (Å²) < 4.78 is 4.83. The summed E-state index contributed by atoms with van der Waals surface area (Å²) in [6, 6.07) is 12.0. The van der Waals surface area contributed by atoms with Crippen molar-refractivity contribution in [3.63, 3.8) is 0 Å². The first-order chi connectivity index (χ1) is 22.6. The van der Waals surface area contributed by atoms with Gasteiger partial charge >= 0.3 is 0 Å². The Labute approximate surface area is 283 Å². The summed E-state index contributed by atoms with van der Waals surface area (Å²) in [5, 5.41) is 10.7. The minimum atomic E-state index is -0.837. The predicted molar refractivity (Wildman–Crippen MR) is 190 cm³/mol. The predicted octanol–water partition coefficient (Wildman–Crippen LogP) is 5.94. The molecule has 5 rings (SSSR count). The number of fused-ring (bicyclic) bond motifs is 1. The van der Waals surface area contributed by atoms with Gasteiger partial charge in [-0.1, -0.05) is 50.6 Å². The van der Waals surface area contributed by atoms with Crippen molar-refractivity contribution < 1.29 is 24.2 Å². The van der Waals surface area contributed by atoms with Gasteiger partial charge < -0.3 is 24.5 Å². The van der Waals surface area contributed by atoms with Crippen LogP contribution in [0.3, 0.4) is 0 Å². The number of aliphatic hydroxyl groups is 1. The smallest absolute Gasteiger partial charge is 0.251 e. The van der Waals surface area contributed by atoms with Crippen LogP contribution in [0.15, 0.2) is 67.8 Å². The van der Waals surface area contributed by atoms with Crippen LogP contribution in [0.5, 0.6) is 5.75 Å². The summed E-state index contributed by atoms with van der Waals surface area (Å²) in [5.41, 5.74) is 3.43. The van der Waals surface area contributed by atoms with Crippen molar-refractivity contribution in [2.24, 2.45) is 17.8 Å². The average molecular weight is 660 g/mol. The number of aliphatic hydroxyl groups excluding tert-OH is 1. The van der Waals surface area contributed by atoms with Crippen molar-refractivity contribution in [2.75, 3.05) is 36.1 Å². The zero-order valence-corrected chi connectivity index (χ0v) is 29.2. The number of ether oxygens (including phenoxy) is 1. The second-order valence-electron chi connectivity index (χ2n) is 13.1. The van der Waals surface area contributed by atoms with Gasteiger partial charge in [0.15, 0.2) is 0 Å². The number of para-hydroxylation sites is 1. The number of thioether (sulfide) groups is 1. The molecule has 0 aliphatic carbocycles. The van der Waals surface area contributed by atoms with Crippen LogP contribution in [0.25, 0.3) is 0 Å². The summed E-state index contributed by atoms with van der Waals surface area (Å²) >= 11 is 1.65. The Bertz CT molecular complexity index is 1490. The van der Waals surface area contributed by atoms with Crippen LogP contribution in [0.2, 0.25) is 0 Å². The quantitative estimate of drug-likeness (QED) is 0.253. The first-order valence-electron chi connectivity index (χ1n) is 16.8. The van der Waals surface area contributed by atoms with E-state index in [4.69, 9.17) is 4.74 Å². The van der Waals surface area contributed by atoms with Crippen LogP contribution in [0, 0.1) is 31.6 Å². The fourth-order valence-corrected chi connectivity index (χ4v) is 10.3. The maximum Gasteiger partial charge on any atom is 0.251 e. The molecule has 9 heteroatoms. The monoisotopic (exact) mass is 659 g/mol. The highest BCUT2D eigenvalue weighted by molar-refractivity contribution is 8.02. The van der Waals surface area contributed by atoms with Crippen LogP contribution in [0.4, 0.5) is 11.4 Å². The van der Waals surface area contributed by atoms with Gasteiger partial charge in [0.2, 0.25) is 11.8 Å². The Kier molecular flexibility index (Phi) is 10.6. The van der Waals surface area contributed by atoms with Crippen molar-refractivity contribution in [1.29, 1.82) is 0 Å². The SMILES string of the molecule is C=CCN(C(=O)[C@@H]1[C@H]2C(=O)N([C@@H](CO)[C@@H](C)CC)C(C(=O)N(CC=C)c3c(C)cccc3C)C23CC[C@H]1S3)c1ccc(OCC)cc1. The van der Waals surface area contributed by atoms with E-state index in [1.54, 1.807) is 38.6 Å². The number of hydrogen-bond acceptors (Lipinski definition) is 6. The fraction of sp³-hybridized carbons (Fsp3) is 0.500. The first kappa shape index (κ1) is 34.8. The second kappa shape index (κ2) is 14.3. The van der Waals surface area contributed by atoms with E-state index in [1.165, 1.54) is 0 Å². The molecule has 1 N–H and O–H groups in total. The summed E-state index contributed by atoms with van der Waals surface area (Å²) in [6.07, 6.45) is 5.51. The Morgan fingerprint density at radius 1 is 1.06 bits per heavy atom. The molecule has 8 nitrogen and oxygen atoms in total. The van der Waals surface area contributed by atoms with Gasteiger partial charge in [-0.3, -0.25) is 14.4 Å². The number of nitrogens with zero attached hydrogens (tertiary/aromatic N) is 3. The second-order valence-corrected chi connectivity index (χ2v) is 14.7. The standard InChI is InChI=1S/C38H49N3O5S/c1-8-21-39(27-15-17-28(18-16-27)46-11-4)35(43)31-30-19-20-38(47-30)32(31)36(44)41(29(23-42)24(5)10-3)34(38)37(45)40(22-9-2)33-25(6)13-12-14-26(33)7/h8-9,12-18,24,29-32,34,42H,1-2,10-11,19-23H2,3-7H3/t24-,29-,30+,31-,32-,34?,38?/m0/s1. The van der Waals surface area contributed by atoms with Gasteiger partial charge in [0.05, 0.1) is 35.8 Å². The summed E-state index contributed by atoms with van der Waals surface area (Å²) in [5.74, 6) is -1.17. The zero-order valence-electron chi connectivity index (χ0n) is 28.4. The third-order valence-electron chi connectivity index (χ3n) is 10.4. The van der Waals surface area contributed by atoms with E-state index < -0.39 is 28.7 Å². The normalized spacial score (nSPS) is 25.7. The number of carbonyl (C=O) groups is 3. The molecule has 0 radical (unpaired) electrons. The molecule has 2 aromatic carbocycles. The number of amides is 3. The molecular formula is C38H49N3O5S. The van der Waals surface area contributed by atoms with E-state index in [2.05, 4.69) is 13.2 Å². The highest BCUT2D eigenvalue weighted by Gasteiger charge is 2.75. The number of carbonyl (C=O) groups excluding carboxylic acids is 3. The van der Waals surface area contributed by atoms with Crippen molar-refractivity contribution in [1.82, 2.24) is 4.90 Å². The molecule has 47 heavy (non-hydrogen) atoms. The van der Waals surface area contributed by atoms with E-state index >= 15 is 4.79 Å². The van der Waals surface area contributed by atoms with Crippen molar-refractivity contribution in [2.45, 2.75) is 76.0 Å². The van der Waals surface area contributed by atoms with E-state index in [9.17, 15) is 14.7 Å².